The van der Waals surface area contributed by atoms with Gasteiger partial charge >= 0.3 is 0 Å². The molecule has 3 rings (SSSR count). The lowest BCUT2D eigenvalue weighted by Crippen LogP contribution is -2.54. The molecule has 0 saturated heterocycles. The van der Waals surface area contributed by atoms with Crippen molar-refractivity contribution >= 4 is 34.4 Å². The van der Waals surface area contributed by atoms with Gasteiger partial charge in [0.2, 0.25) is 11.8 Å². The maximum absolute atomic E-state index is 13.9. The molecule has 0 saturated carbocycles. The van der Waals surface area contributed by atoms with E-state index in [0.717, 1.165) is 19.3 Å². The molecule has 0 aromatic heterocycles. The average Bonchev–Trinajstić information content (AvgIpc) is 3.07. The number of nitrogens with zero attached hydrogens (tertiary/aromatic N) is 1. The molecule has 0 radical (unpaired) electrons. The van der Waals surface area contributed by atoms with Crippen LogP contribution in [0.15, 0.2) is 48.0 Å². The molecule has 2 aromatic carbocycles. The van der Waals surface area contributed by atoms with E-state index < -0.39 is 30.0 Å². The molecule has 3 atom stereocenters. The number of unbranched alkanes of at least 4 members (excludes halogenated alkanes) is 8. The topological polar surface area (TPSA) is 129 Å². The maximum atomic E-state index is 13.9. The van der Waals surface area contributed by atoms with E-state index in [9.17, 15) is 29.3 Å². The van der Waals surface area contributed by atoms with Gasteiger partial charge in [-0.2, -0.15) is 0 Å². The third-order valence-electron chi connectivity index (χ3n) is 8.42. The summed E-state index contributed by atoms with van der Waals surface area (Å²) in [6.45, 7) is 1.91. The van der Waals surface area contributed by atoms with Gasteiger partial charge in [0.1, 0.15) is 18.0 Å². The number of ether oxygens (including phenoxy) is 2. The molecule has 0 bridgehead atoms. The first-order valence-electron chi connectivity index (χ1n) is 16.7. The van der Waals surface area contributed by atoms with Crippen LogP contribution >= 0.6 is 22.6 Å². The zero-order valence-corrected chi connectivity index (χ0v) is 29.7. The molecule has 1 aliphatic carbocycles. The number of hydrogen-bond donors (Lipinski definition) is 4. The van der Waals surface area contributed by atoms with E-state index in [4.69, 9.17) is 9.47 Å². The van der Waals surface area contributed by atoms with Crippen LogP contribution in [0.4, 0.5) is 4.39 Å². The fourth-order valence-electron chi connectivity index (χ4n) is 5.80. The van der Waals surface area contributed by atoms with Crippen LogP contribution in [0, 0.1) is 9.39 Å². The van der Waals surface area contributed by atoms with E-state index in [2.05, 4.69) is 34.8 Å². The molecular weight excluding hydrogens is 718 g/mol. The smallest absolute Gasteiger partial charge is 0.247 e. The summed E-state index contributed by atoms with van der Waals surface area (Å²) >= 11 is 2.06. The van der Waals surface area contributed by atoms with Gasteiger partial charge in [0.15, 0.2) is 11.5 Å². The highest BCUT2D eigenvalue weighted by molar-refractivity contribution is 14.1. The Morgan fingerprint density at radius 3 is 2.28 bits per heavy atom. The molecule has 260 valence electrons. The van der Waals surface area contributed by atoms with E-state index >= 15 is 0 Å². The van der Waals surface area contributed by atoms with Gasteiger partial charge in [0, 0.05) is 31.5 Å². The first-order chi connectivity index (χ1) is 22.7. The van der Waals surface area contributed by atoms with Crippen molar-refractivity contribution in [3.8, 4) is 11.5 Å². The van der Waals surface area contributed by atoms with Gasteiger partial charge in [-0.25, -0.2) is 4.39 Å². The number of halogens is 2. The van der Waals surface area contributed by atoms with E-state index in [0.29, 0.717) is 38.2 Å². The van der Waals surface area contributed by atoms with Crippen molar-refractivity contribution in [1.82, 2.24) is 10.2 Å². The van der Waals surface area contributed by atoms with Crippen molar-refractivity contribution in [2.45, 2.75) is 109 Å². The highest BCUT2D eigenvalue weighted by Gasteiger charge is 2.41. The molecule has 0 aliphatic heterocycles. The van der Waals surface area contributed by atoms with E-state index in [1.807, 2.05) is 0 Å². The summed E-state index contributed by atoms with van der Waals surface area (Å²) in [4.78, 5) is 28.7. The Hall–Kier alpha value is -2.74. The van der Waals surface area contributed by atoms with Crippen molar-refractivity contribution < 1.29 is 38.8 Å². The number of carbonyl (C=O) groups excluding carboxylic acids is 2. The molecule has 47 heavy (non-hydrogen) atoms. The lowest BCUT2D eigenvalue weighted by atomic mass is 9.87. The number of aliphatic hydroxyl groups is 3. The number of benzene rings is 2. The van der Waals surface area contributed by atoms with Crippen LogP contribution in [0.3, 0.4) is 0 Å². The first kappa shape index (κ1) is 38.7. The van der Waals surface area contributed by atoms with Crippen molar-refractivity contribution in [2.24, 2.45) is 0 Å². The van der Waals surface area contributed by atoms with Crippen LogP contribution in [0.2, 0.25) is 0 Å². The van der Waals surface area contributed by atoms with Gasteiger partial charge < -0.3 is 35.0 Å². The molecule has 9 nitrogen and oxygen atoms in total. The lowest BCUT2D eigenvalue weighted by Gasteiger charge is -2.41. The molecule has 0 fully saturated rings. The van der Waals surface area contributed by atoms with Crippen LogP contribution in [-0.4, -0.2) is 70.5 Å². The summed E-state index contributed by atoms with van der Waals surface area (Å²) in [7, 11) is 1.47. The molecule has 4 N–H and O–H groups in total. The van der Waals surface area contributed by atoms with Crippen molar-refractivity contribution in [1.29, 1.82) is 0 Å². The number of hydrogen-bond acceptors (Lipinski definition) is 7. The third-order valence-corrected chi connectivity index (χ3v) is 9.22. The van der Waals surface area contributed by atoms with Crippen molar-refractivity contribution in [2.75, 3.05) is 20.3 Å². The predicted octanol–water partition coefficient (Wildman–Crippen LogP) is 5.80. The number of amides is 2. The first-order valence-corrected chi connectivity index (χ1v) is 17.8. The minimum atomic E-state index is -1.23. The number of nitrogens with one attached hydrogen (secondary N) is 1. The Balaban J connectivity index is 1.87. The summed E-state index contributed by atoms with van der Waals surface area (Å²) in [5, 5.41) is 33.5. The highest BCUT2D eigenvalue weighted by Crippen LogP contribution is 2.37. The van der Waals surface area contributed by atoms with Gasteiger partial charge in [0.05, 0.1) is 29.9 Å². The second-order valence-corrected chi connectivity index (χ2v) is 13.2. The van der Waals surface area contributed by atoms with Crippen molar-refractivity contribution in [3.63, 3.8) is 0 Å². The molecule has 2 amide bonds. The second kappa shape index (κ2) is 20.6. The fourth-order valence-corrected chi connectivity index (χ4v) is 6.59. The van der Waals surface area contributed by atoms with Gasteiger partial charge in [-0.1, -0.05) is 70.4 Å². The molecule has 2 aromatic rings. The van der Waals surface area contributed by atoms with Gasteiger partial charge in [-0.15, -0.1) is 0 Å². The van der Waals surface area contributed by atoms with Crippen LogP contribution < -0.4 is 14.8 Å². The number of methoxy groups -OCH3 is 1. The molecule has 0 heterocycles. The molecule has 1 aliphatic rings. The Labute approximate surface area is 291 Å². The predicted molar refractivity (Wildman–Crippen MR) is 187 cm³/mol. The monoisotopic (exact) mass is 768 g/mol. The summed E-state index contributed by atoms with van der Waals surface area (Å²) in [6, 6.07) is 8.42. The molecule has 3 unspecified atom stereocenters. The Morgan fingerprint density at radius 1 is 1.00 bits per heavy atom. The number of rotatable bonds is 20. The van der Waals surface area contributed by atoms with Crippen LogP contribution in [-0.2, 0) is 22.7 Å². The Bertz CT molecular complexity index is 1310. The average molecular weight is 769 g/mol. The molecular formula is C36H50FIN2O7. The van der Waals surface area contributed by atoms with Crippen LogP contribution in [0.25, 0.3) is 0 Å². The zero-order valence-electron chi connectivity index (χ0n) is 27.6. The van der Waals surface area contributed by atoms with E-state index in [-0.39, 0.29) is 45.1 Å². The SMILES string of the molecule is CCCCCCCCCCCC(=O)N(Cc1ccc(F)cc1)C1CC(C(=O)NCCO)=CC(Oc2c(I)cc(CO)cc2OC)C1O. The summed E-state index contributed by atoms with van der Waals surface area (Å²) in [5.74, 6) is -0.326. The standard InChI is InChI=1S/C36H50FIN2O7/c1-3-4-5-6-7-8-9-10-11-12-33(43)40(23-25-13-15-28(37)16-14-25)30-21-27(36(45)39-17-18-41)22-31(34(30)44)47-35-29(38)19-26(24-42)20-32(35)46-2/h13-16,19-20,22,30-31,34,41-42,44H,3-12,17-18,21,23-24H2,1-2H3,(H,39,45). The van der Waals surface area contributed by atoms with Gasteiger partial charge in [-0.3, -0.25) is 9.59 Å². The normalized spacial score (nSPS) is 17.6. The summed E-state index contributed by atoms with van der Waals surface area (Å²) in [6.07, 6.45) is 9.58. The van der Waals surface area contributed by atoms with Gasteiger partial charge in [-0.05, 0) is 70.5 Å². The lowest BCUT2D eigenvalue weighted by molar-refractivity contribution is -0.139. The quantitative estimate of drug-likeness (QED) is 0.0992. The molecule has 0 spiro atoms. The van der Waals surface area contributed by atoms with Gasteiger partial charge in [0.25, 0.3) is 0 Å². The highest BCUT2D eigenvalue weighted by atomic mass is 127. The largest absolute Gasteiger partial charge is 0.493 e. The maximum Gasteiger partial charge on any atom is 0.247 e. The fraction of sp³-hybridized carbons (Fsp3) is 0.556. The number of carbonyl (C=O) groups is 2. The van der Waals surface area contributed by atoms with E-state index in [1.54, 1.807) is 35.2 Å². The molecule has 11 heteroatoms. The Morgan fingerprint density at radius 2 is 1.66 bits per heavy atom. The summed E-state index contributed by atoms with van der Waals surface area (Å²) in [5.41, 5.74) is 1.61. The van der Waals surface area contributed by atoms with Crippen LogP contribution in [0.1, 0.15) is 88.7 Å². The zero-order chi connectivity index (χ0) is 34.2. The second-order valence-electron chi connectivity index (χ2n) is 12.0. The Kier molecular flexibility index (Phi) is 17.0. The minimum Gasteiger partial charge on any atom is -0.493 e. The number of aliphatic hydroxyl groups excluding tert-OH is 3. The minimum absolute atomic E-state index is 0.0418. The van der Waals surface area contributed by atoms with Crippen LogP contribution in [0.5, 0.6) is 11.5 Å². The van der Waals surface area contributed by atoms with Crippen molar-refractivity contribution in [3.05, 3.63) is 68.6 Å². The summed E-state index contributed by atoms with van der Waals surface area (Å²) < 4.78 is 26.3. The van der Waals surface area contributed by atoms with E-state index in [1.165, 1.54) is 51.3 Å². The third kappa shape index (κ3) is 12.0.